The lowest BCUT2D eigenvalue weighted by Gasteiger charge is -2.26. The summed E-state index contributed by atoms with van der Waals surface area (Å²) in [5, 5.41) is 2.57. The Labute approximate surface area is 143 Å². The lowest BCUT2D eigenvalue weighted by atomic mass is 10.0. The second-order valence-corrected chi connectivity index (χ2v) is 6.74. The van der Waals surface area contributed by atoms with Gasteiger partial charge in [0, 0.05) is 38.9 Å². The maximum atomic E-state index is 11.6. The van der Waals surface area contributed by atoms with Gasteiger partial charge >= 0.3 is 6.03 Å². The average Bonchev–Trinajstić information content (AvgIpc) is 3.16. The number of amides is 3. The number of carbonyl (C=O) groups excluding carboxylic acids is 2. The van der Waals surface area contributed by atoms with Gasteiger partial charge in [0.2, 0.25) is 5.91 Å². The Morgan fingerprint density at radius 2 is 2.08 bits per heavy atom. The largest absolute Gasteiger partial charge is 0.378 e. The Morgan fingerprint density at radius 1 is 1.25 bits per heavy atom. The summed E-state index contributed by atoms with van der Waals surface area (Å²) in [6.07, 6.45) is 3.18. The molecule has 0 spiro atoms. The third-order valence-corrected chi connectivity index (χ3v) is 4.90. The van der Waals surface area contributed by atoms with Gasteiger partial charge in [-0.1, -0.05) is 12.1 Å². The monoisotopic (exact) mass is 330 g/mol. The van der Waals surface area contributed by atoms with Crippen molar-refractivity contribution in [3.8, 4) is 0 Å². The van der Waals surface area contributed by atoms with Crippen molar-refractivity contribution in [2.24, 2.45) is 0 Å². The fourth-order valence-electron chi connectivity index (χ4n) is 3.60. The van der Waals surface area contributed by atoms with Crippen LogP contribution in [0.5, 0.6) is 0 Å². The summed E-state index contributed by atoms with van der Waals surface area (Å²) in [5.74, 6) is -0.114. The Morgan fingerprint density at radius 3 is 2.79 bits per heavy atom. The minimum absolute atomic E-state index is 0.114. The van der Waals surface area contributed by atoms with Crippen LogP contribution in [0.3, 0.4) is 0 Å². The molecule has 3 amide bonds. The van der Waals surface area contributed by atoms with Gasteiger partial charge < -0.3 is 10.2 Å². The van der Waals surface area contributed by atoms with Gasteiger partial charge in [-0.15, -0.1) is 0 Å². The molecule has 0 bridgehead atoms. The molecule has 2 aliphatic rings. The molecule has 0 aromatic heterocycles. The molecule has 0 radical (unpaired) electrons. The van der Waals surface area contributed by atoms with Crippen molar-refractivity contribution in [1.82, 2.24) is 15.1 Å². The molecule has 0 saturated carbocycles. The fraction of sp³-hybridized carbons (Fsp3) is 0.556. The third-order valence-electron chi connectivity index (χ3n) is 4.90. The van der Waals surface area contributed by atoms with Crippen LogP contribution in [-0.4, -0.2) is 62.0 Å². The number of carbonyl (C=O) groups is 2. The van der Waals surface area contributed by atoms with E-state index in [0.29, 0.717) is 12.6 Å². The van der Waals surface area contributed by atoms with Crippen LogP contribution in [0.4, 0.5) is 10.5 Å². The normalized spacial score (nSPS) is 21.4. The van der Waals surface area contributed by atoms with Crippen molar-refractivity contribution in [2.75, 3.05) is 45.2 Å². The van der Waals surface area contributed by atoms with Crippen molar-refractivity contribution < 1.29 is 9.59 Å². The predicted octanol–water partition coefficient (Wildman–Crippen LogP) is 1.83. The molecular formula is C18H26N4O2. The summed E-state index contributed by atoms with van der Waals surface area (Å²) in [6, 6.07) is 8.90. The van der Waals surface area contributed by atoms with Gasteiger partial charge in [-0.25, -0.2) is 4.79 Å². The summed E-state index contributed by atoms with van der Waals surface area (Å²) in [5.41, 5.74) is 2.58. The predicted molar refractivity (Wildman–Crippen MR) is 94.0 cm³/mol. The van der Waals surface area contributed by atoms with E-state index in [4.69, 9.17) is 0 Å². The van der Waals surface area contributed by atoms with Gasteiger partial charge in [0.1, 0.15) is 0 Å². The maximum absolute atomic E-state index is 11.6. The summed E-state index contributed by atoms with van der Waals surface area (Å²) < 4.78 is 0. The molecule has 6 heteroatoms. The maximum Gasteiger partial charge on any atom is 0.324 e. The standard InChI is InChI=1S/C18H26N4O2/c1-20(2)15-7-3-6-14(12-15)16-8-4-9-21(16)10-5-11-22-17(23)13-19-18(22)24/h3,6-7,12,16H,4-5,8-11,13H2,1-2H3,(H,19,24)/t16-/m1/s1. The Hall–Kier alpha value is -2.08. The van der Waals surface area contributed by atoms with E-state index in [-0.39, 0.29) is 18.5 Å². The molecule has 130 valence electrons. The summed E-state index contributed by atoms with van der Waals surface area (Å²) in [6.45, 7) is 2.64. The molecule has 2 saturated heterocycles. The first-order valence-corrected chi connectivity index (χ1v) is 8.66. The lowest BCUT2D eigenvalue weighted by Crippen LogP contribution is -2.34. The van der Waals surface area contributed by atoms with Crippen LogP contribution in [0.15, 0.2) is 24.3 Å². The highest BCUT2D eigenvalue weighted by Crippen LogP contribution is 2.33. The molecule has 2 aliphatic heterocycles. The van der Waals surface area contributed by atoms with Gasteiger partial charge in [0.25, 0.3) is 0 Å². The van der Waals surface area contributed by atoms with Crippen molar-refractivity contribution >= 4 is 17.6 Å². The molecular weight excluding hydrogens is 304 g/mol. The van der Waals surface area contributed by atoms with E-state index < -0.39 is 0 Å². The summed E-state index contributed by atoms with van der Waals surface area (Å²) >= 11 is 0. The number of likely N-dealkylation sites (tertiary alicyclic amines) is 1. The fourth-order valence-corrected chi connectivity index (χ4v) is 3.60. The number of rotatable bonds is 6. The van der Waals surface area contributed by atoms with Gasteiger partial charge in [0.05, 0.1) is 6.54 Å². The Bertz CT molecular complexity index is 601. The quantitative estimate of drug-likeness (QED) is 0.809. The first kappa shape index (κ1) is 16.8. The first-order chi connectivity index (χ1) is 11.6. The molecule has 3 rings (SSSR count). The minimum Gasteiger partial charge on any atom is -0.378 e. The highest BCUT2D eigenvalue weighted by atomic mass is 16.2. The van der Waals surface area contributed by atoms with Crippen LogP contribution in [0, 0.1) is 0 Å². The lowest BCUT2D eigenvalue weighted by molar-refractivity contribution is -0.125. The second kappa shape index (κ2) is 7.21. The number of nitrogens with zero attached hydrogens (tertiary/aromatic N) is 3. The van der Waals surface area contributed by atoms with Crippen molar-refractivity contribution in [2.45, 2.75) is 25.3 Å². The Kier molecular flexibility index (Phi) is 5.04. The number of benzene rings is 1. The molecule has 1 aromatic carbocycles. The van der Waals surface area contributed by atoms with Crippen molar-refractivity contribution in [3.05, 3.63) is 29.8 Å². The van der Waals surface area contributed by atoms with Crippen molar-refractivity contribution in [1.29, 1.82) is 0 Å². The average molecular weight is 330 g/mol. The summed E-state index contributed by atoms with van der Waals surface area (Å²) in [4.78, 5) is 29.1. The topological polar surface area (TPSA) is 55.9 Å². The second-order valence-electron chi connectivity index (χ2n) is 6.74. The first-order valence-electron chi connectivity index (χ1n) is 8.66. The minimum atomic E-state index is -0.253. The van der Waals surface area contributed by atoms with Crippen LogP contribution in [-0.2, 0) is 4.79 Å². The number of hydrogen-bond acceptors (Lipinski definition) is 4. The Balaban J connectivity index is 1.58. The molecule has 6 nitrogen and oxygen atoms in total. The van der Waals surface area contributed by atoms with E-state index >= 15 is 0 Å². The van der Waals surface area contributed by atoms with Crippen molar-refractivity contribution in [3.63, 3.8) is 0 Å². The highest BCUT2D eigenvalue weighted by molar-refractivity contribution is 6.01. The molecule has 0 aliphatic carbocycles. The van der Waals surface area contributed by atoms with E-state index in [1.54, 1.807) is 0 Å². The van der Waals surface area contributed by atoms with Crippen LogP contribution in [0.2, 0.25) is 0 Å². The molecule has 2 heterocycles. The van der Waals surface area contributed by atoms with E-state index in [0.717, 1.165) is 19.5 Å². The van der Waals surface area contributed by atoms with Gasteiger partial charge in [-0.05, 0) is 43.5 Å². The van der Waals surface area contributed by atoms with Crippen LogP contribution in [0.1, 0.15) is 30.9 Å². The highest BCUT2D eigenvalue weighted by Gasteiger charge is 2.29. The van der Waals surface area contributed by atoms with Crippen LogP contribution < -0.4 is 10.2 Å². The number of nitrogens with one attached hydrogen (secondary N) is 1. The SMILES string of the molecule is CN(C)c1cccc([C@H]2CCCN2CCCN2C(=O)CNC2=O)c1. The number of anilines is 1. The molecule has 1 atom stereocenters. The van der Waals surface area contributed by atoms with Crippen LogP contribution >= 0.6 is 0 Å². The number of hydrogen-bond donors (Lipinski definition) is 1. The van der Waals surface area contributed by atoms with Crippen LogP contribution in [0.25, 0.3) is 0 Å². The zero-order valence-electron chi connectivity index (χ0n) is 14.5. The number of imide groups is 1. The van der Waals surface area contributed by atoms with E-state index in [1.165, 1.54) is 29.0 Å². The van der Waals surface area contributed by atoms with E-state index in [2.05, 4.69) is 53.5 Å². The third kappa shape index (κ3) is 3.53. The molecule has 0 unspecified atom stereocenters. The molecule has 1 aromatic rings. The zero-order valence-corrected chi connectivity index (χ0v) is 14.5. The molecule has 24 heavy (non-hydrogen) atoms. The zero-order chi connectivity index (χ0) is 17.1. The van der Waals surface area contributed by atoms with Gasteiger partial charge in [-0.2, -0.15) is 0 Å². The van der Waals surface area contributed by atoms with E-state index in [1.807, 2.05) is 0 Å². The number of urea groups is 1. The van der Waals surface area contributed by atoms with Gasteiger partial charge in [-0.3, -0.25) is 14.6 Å². The summed E-state index contributed by atoms with van der Waals surface area (Å²) in [7, 11) is 4.12. The molecule has 2 fully saturated rings. The molecule has 1 N–H and O–H groups in total. The smallest absolute Gasteiger partial charge is 0.324 e. The van der Waals surface area contributed by atoms with E-state index in [9.17, 15) is 9.59 Å². The van der Waals surface area contributed by atoms with Gasteiger partial charge in [0.15, 0.2) is 0 Å².